The van der Waals surface area contributed by atoms with Crippen molar-refractivity contribution in [2.24, 2.45) is 5.92 Å². The molecule has 0 aliphatic carbocycles. The number of likely N-dealkylation sites (tertiary alicyclic amines) is 1. The average Bonchev–Trinajstić information content (AvgIpc) is 2.82. The second-order valence-corrected chi connectivity index (χ2v) is 8.03. The lowest BCUT2D eigenvalue weighted by molar-refractivity contribution is -0.136. The van der Waals surface area contributed by atoms with Crippen molar-refractivity contribution in [1.29, 1.82) is 0 Å². The zero-order valence-corrected chi connectivity index (χ0v) is 18.5. The summed E-state index contributed by atoms with van der Waals surface area (Å²) >= 11 is 0. The lowest BCUT2D eigenvalue weighted by atomic mass is 9.96. The number of para-hydroxylation sites is 1. The first kappa shape index (κ1) is 23.1. The molecule has 8 heteroatoms. The van der Waals surface area contributed by atoms with E-state index >= 15 is 0 Å². The van der Waals surface area contributed by atoms with Gasteiger partial charge in [0.25, 0.3) is 5.91 Å². The van der Waals surface area contributed by atoms with Gasteiger partial charge in [0.15, 0.2) is 6.61 Å². The Morgan fingerprint density at radius 2 is 1.62 bits per heavy atom. The van der Waals surface area contributed by atoms with Crippen LogP contribution in [0.5, 0.6) is 5.75 Å². The van der Waals surface area contributed by atoms with Crippen LogP contribution in [-0.2, 0) is 14.4 Å². The molecule has 1 fully saturated rings. The van der Waals surface area contributed by atoms with Crippen molar-refractivity contribution in [3.63, 3.8) is 0 Å². The first-order valence-corrected chi connectivity index (χ1v) is 10.7. The highest BCUT2D eigenvalue weighted by Crippen LogP contribution is 2.18. The Balaban J connectivity index is 1.35. The molecule has 1 aliphatic heterocycles. The van der Waals surface area contributed by atoms with E-state index in [9.17, 15) is 14.4 Å². The van der Waals surface area contributed by atoms with Gasteiger partial charge in [-0.15, -0.1) is 0 Å². The molecule has 1 heterocycles. The van der Waals surface area contributed by atoms with E-state index in [0.29, 0.717) is 31.1 Å². The predicted octanol–water partition coefficient (Wildman–Crippen LogP) is 2.12. The number of nitrogens with zero attached hydrogens (tertiary/aromatic N) is 2. The number of hydrogen-bond acceptors (Lipinski definition) is 5. The van der Waals surface area contributed by atoms with Crippen molar-refractivity contribution < 1.29 is 19.1 Å². The van der Waals surface area contributed by atoms with Crippen LogP contribution in [0.15, 0.2) is 54.6 Å². The van der Waals surface area contributed by atoms with E-state index in [1.165, 1.54) is 0 Å². The molecule has 0 unspecified atom stereocenters. The zero-order chi connectivity index (χ0) is 22.9. The molecule has 0 spiro atoms. The highest BCUT2D eigenvalue weighted by Gasteiger charge is 2.24. The van der Waals surface area contributed by atoms with Crippen LogP contribution < -0.4 is 20.3 Å². The van der Waals surface area contributed by atoms with E-state index in [1.54, 1.807) is 17.0 Å². The maximum absolute atomic E-state index is 12.3. The fraction of sp³-hybridized carbons (Fsp3) is 0.375. The van der Waals surface area contributed by atoms with Gasteiger partial charge in [0.05, 0.1) is 0 Å². The van der Waals surface area contributed by atoms with Crippen molar-refractivity contribution in [3.8, 4) is 5.75 Å². The normalized spacial score (nSPS) is 13.9. The largest absolute Gasteiger partial charge is 0.484 e. The molecule has 32 heavy (non-hydrogen) atoms. The van der Waals surface area contributed by atoms with Gasteiger partial charge in [-0.1, -0.05) is 18.2 Å². The number of anilines is 2. The number of benzene rings is 2. The van der Waals surface area contributed by atoms with Gasteiger partial charge in [-0.25, -0.2) is 0 Å². The van der Waals surface area contributed by atoms with E-state index in [2.05, 4.69) is 10.6 Å². The van der Waals surface area contributed by atoms with Crippen LogP contribution in [0.25, 0.3) is 0 Å². The molecule has 0 atom stereocenters. The summed E-state index contributed by atoms with van der Waals surface area (Å²) in [7, 11) is 3.86. The molecule has 1 saturated heterocycles. The Morgan fingerprint density at radius 1 is 0.969 bits per heavy atom. The summed E-state index contributed by atoms with van der Waals surface area (Å²) in [6.07, 6.45) is 1.54. The highest BCUT2D eigenvalue weighted by molar-refractivity contribution is 6.39. The Labute approximate surface area is 188 Å². The van der Waals surface area contributed by atoms with E-state index in [4.69, 9.17) is 4.74 Å². The predicted molar refractivity (Wildman–Crippen MR) is 124 cm³/mol. The number of nitrogens with one attached hydrogen (secondary N) is 2. The second-order valence-electron chi connectivity index (χ2n) is 8.03. The summed E-state index contributed by atoms with van der Waals surface area (Å²) in [6, 6.07) is 16.5. The number of amides is 3. The fourth-order valence-corrected chi connectivity index (χ4v) is 3.49. The molecule has 8 nitrogen and oxygen atoms in total. The third kappa shape index (κ3) is 6.73. The molecule has 3 amide bonds. The number of rotatable bonds is 7. The lowest BCUT2D eigenvalue weighted by Gasteiger charge is -2.32. The molecule has 2 N–H and O–H groups in total. The second kappa shape index (κ2) is 11.2. The van der Waals surface area contributed by atoms with Crippen molar-refractivity contribution in [2.45, 2.75) is 12.8 Å². The van der Waals surface area contributed by atoms with E-state index in [0.717, 1.165) is 18.5 Å². The average molecular weight is 439 g/mol. The molecule has 3 rings (SSSR count). The van der Waals surface area contributed by atoms with E-state index < -0.39 is 11.8 Å². The summed E-state index contributed by atoms with van der Waals surface area (Å²) in [5.41, 5.74) is 1.57. The SMILES string of the molecule is CN(C)c1ccc(NC(=O)C(=O)NCC2CCN(C(=O)COc3ccccc3)CC2)cc1. The Bertz CT molecular complexity index is 907. The smallest absolute Gasteiger partial charge is 0.313 e. The van der Waals surface area contributed by atoms with Crippen LogP contribution in [-0.4, -0.2) is 63.0 Å². The van der Waals surface area contributed by atoms with Gasteiger partial charge >= 0.3 is 11.8 Å². The van der Waals surface area contributed by atoms with E-state index in [1.807, 2.05) is 61.5 Å². The van der Waals surface area contributed by atoms with Gasteiger partial charge in [0.2, 0.25) is 0 Å². The molecule has 2 aromatic carbocycles. The van der Waals surface area contributed by atoms with Crippen LogP contribution in [0, 0.1) is 5.92 Å². The molecule has 0 saturated carbocycles. The number of carbonyl (C=O) groups is 3. The van der Waals surface area contributed by atoms with Crippen molar-refractivity contribution in [3.05, 3.63) is 54.6 Å². The van der Waals surface area contributed by atoms with Crippen LogP contribution in [0.1, 0.15) is 12.8 Å². The van der Waals surface area contributed by atoms with E-state index in [-0.39, 0.29) is 18.4 Å². The standard InChI is InChI=1S/C24H30N4O4/c1-27(2)20-10-8-19(9-11-20)26-24(31)23(30)25-16-18-12-14-28(15-13-18)22(29)17-32-21-6-4-3-5-7-21/h3-11,18H,12-17H2,1-2H3,(H,25,30)(H,26,31). The maximum Gasteiger partial charge on any atom is 0.313 e. The van der Waals surface area contributed by atoms with Crippen molar-refractivity contribution in [1.82, 2.24) is 10.2 Å². The minimum atomic E-state index is -0.687. The first-order chi connectivity index (χ1) is 15.4. The number of ether oxygens (including phenoxy) is 1. The summed E-state index contributed by atoms with van der Waals surface area (Å²) < 4.78 is 5.53. The van der Waals surface area contributed by atoms with Crippen LogP contribution in [0.2, 0.25) is 0 Å². The van der Waals surface area contributed by atoms with Gasteiger partial charge in [-0.05, 0) is 55.2 Å². The highest BCUT2D eigenvalue weighted by atomic mass is 16.5. The Kier molecular flexibility index (Phi) is 8.08. The van der Waals surface area contributed by atoms with Gasteiger partial charge in [0.1, 0.15) is 5.75 Å². The Hall–Kier alpha value is -3.55. The number of carbonyl (C=O) groups excluding carboxylic acids is 3. The molecular weight excluding hydrogens is 408 g/mol. The minimum absolute atomic E-state index is 0.0150. The maximum atomic E-state index is 12.3. The van der Waals surface area contributed by atoms with Gasteiger partial charge in [0, 0.05) is 45.1 Å². The van der Waals surface area contributed by atoms with Crippen molar-refractivity contribution in [2.75, 3.05) is 50.6 Å². The lowest BCUT2D eigenvalue weighted by Crippen LogP contribution is -2.44. The molecular formula is C24H30N4O4. The van der Waals surface area contributed by atoms with Gasteiger partial charge in [-0.2, -0.15) is 0 Å². The van der Waals surface area contributed by atoms with Crippen molar-refractivity contribution >= 4 is 29.1 Å². The van der Waals surface area contributed by atoms with Crippen LogP contribution >= 0.6 is 0 Å². The van der Waals surface area contributed by atoms with Crippen LogP contribution in [0.4, 0.5) is 11.4 Å². The zero-order valence-electron chi connectivity index (χ0n) is 18.5. The quantitative estimate of drug-likeness (QED) is 0.647. The van der Waals surface area contributed by atoms with Crippen LogP contribution in [0.3, 0.4) is 0 Å². The summed E-state index contributed by atoms with van der Waals surface area (Å²) in [5, 5.41) is 5.31. The molecule has 1 aliphatic rings. The third-order valence-electron chi connectivity index (χ3n) is 5.47. The molecule has 170 valence electrons. The first-order valence-electron chi connectivity index (χ1n) is 10.7. The van der Waals surface area contributed by atoms with Gasteiger partial charge in [-0.3, -0.25) is 14.4 Å². The molecule has 0 bridgehead atoms. The summed E-state index contributed by atoms with van der Waals surface area (Å²) in [4.78, 5) is 40.4. The molecule has 0 radical (unpaired) electrons. The fourth-order valence-electron chi connectivity index (χ4n) is 3.49. The summed E-state index contributed by atoms with van der Waals surface area (Å²) in [5.74, 6) is -0.490. The third-order valence-corrected chi connectivity index (χ3v) is 5.47. The summed E-state index contributed by atoms with van der Waals surface area (Å²) in [6.45, 7) is 1.65. The topological polar surface area (TPSA) is 91.0 Å². The Morgan fingerprint density at radius 3 is 2.25 bits per heavy atom. The monoisotopic (exact) mass is 438 g/mol. The van der Waals surface area contributed by atoms with Gasteiger partial charge < -0.3 is 25.2 Å². The molecule has 2 aromatic rings. The number of hydrogen-bond donors (Lipinski definition) is 2. The molecule has 0 aromatic heterocycles. The number of piperidine rings is 1. The minimum Gasteiger partial charge on any atom is -0.484 e.